The second-order valence-corrected chi connectivity index (χ2v) is 8.21. The minimum Gasteiger partial charge on any atom is -0.340 e. The van der Waals surface area contributed by atoms with E-state index in [0.29, 0.717) is 28.5 Å². The maximum Gasteiger partial charge on any atom is 0.261 e. The standard InChI is InChI=1S/C27H23ClN2O2/c1-18-11-13-20(14-12-18)17-30-19(2)15-24(31)25(26(30)21-7-6-8-22(28)16-21)27(32)29-23-9-4-3-5-10-23/h3-16H,17H2,1-2H3,(H,29,32). The van der Waals surface area contributed by atoms with Gasteiger partial charge in [-0.05, 0) is 43.7 Å². The van der Waals surface area contributed by atoms with Crippen LogP contribution in [-0.2, 0) is 6.54 Å². The molecule has 4 nitrogen and oxygen atoms in total. The molecule has 1 N–H and O–H groups in total. The zero-order valence-corrected chi connectivity index (χ0v) is 18.7. The summed E-state index contributed by atoms with van der Waals surface area (Å²) in [4.78, 5) is 26.4. The predicted octanol–water partition coefficient (Wildman–Crippen LogP) is 6.09. The van der Waals surface area contributed by atoms with Gasteiger partial charge < -0.3 is 9.88 Å². The van der Waals surface area contributed by atoms with Crippen LogP contribution in [0.2, 0.25) is 5.02 Å². The summed E-state index contributed by atoms with van der Waals surface area (Å²) in [6, 6.07) is 26.1. The topological polar surface area (TPSA) is 51.1 Å². The summed E-state index contributed by atoms with van der Waals surface area (Å²) in [6.07, 6.45) is 0. The van der Waals surface area contributed by atoms with Gasteiger partial charge in [0.1, 0.15) is 5.56 Å². The molecule has 0 unspecified atom stereocenters. The van der Waals surface area contributed by atoms with Crippen molar-refractivity contribution in [3.8, 4) is 11.3 Å². The predicted molar refractivity (Wildman–Crippen MR) is 131 cm³/mol. The summed E-state index contributed by atoms with van der Waals surface area (Å²) >= 11 is 6.28. The summed E-state index contributed by atoms with van der Waals surface area (Å²) in [5.74, 6) is -0.450. The lowest BCUT2D eigenvalue weighted by Crippen LogP contribution is -2.27. The molecule has 0 aliphatic heterocycles. The van der Waals surface area contributed by atoms with Gasteiger partial charge in [-0.15, -0.1) is 0 Å². The van der Waals surface area contributed by atoms with E-state index in [1.807, 2.05) is 48.7 Å². The van der Waals surface area contributed by atoms with Gasteiger partial charge in [-0.25, -0.2) is 0 Å². The van der Waals surface area contributed by atoms with E-state index < -0.39 is 5.91 Å². The molecule has 160 valence electrons. The van der Waals surface area contributed by atoms with E-state index >= 15 is 0 Å². The van der Waals surface area contributed by atoms with Gasteiger partial charge in [0.05, 0.1) is 5.69 Å². The Morgan fingerprint density at radius 1 is 0.906 bits per heavy atom. The lowest BCUT2D eigenvalue weighted by atomic mass is 10.0. The molecule has 0 aliphatic rings. The van der Waals surface area contributed by atoms with Gasteiger partial charge in [-0.1, -0.05) is 71.8 Å². The van der Waals surface area contributed by atoms with E-state index in [0.717, 1.165) is 11.3 Å². The van der Waals surface area contributed by atoms with Gasteiger partial charge in [-0.2, -0.15) is 0 Å². The van der Waals surface area contributed by atoms with Crippen LogP contribution in [0, 0.1) is 13.8 Å². The second-order valence-electron chi connectivity index (χ2n) is 7.78. The quantitative estimate of drug-likeness (QED) is 0.406. The van der Waals surface area contributed by atoms with E-state index in [9.17, 15) is 9.59 Å². The molecule has 0 aliphatic carbocycles. The van der Waals surface area contributed by atoms with Gasteiger partial charge in [-0.3, -0.25) is 9.59 Å². The SMILES string of the molecule is Cc1ccc(Cn2c(C)cc(=O)c(C(=O)Nc3ccccc3)c2-c2cccc(Cl)c2)cc1. The number of para-hydroxylation sites is 1. The summed E-state index contributed by atoms with van der Waals surface area (Å²) in [5.41, 5.74) is 4.65. The van der Waals surface area contributed by atoms with Gasteiger partial charge >= 0.3 is 0 Å². The van der Waals surface area contributed by atoms with Crippen molar-refractivity contribution in [3.05, 3.63) is 123 Å². The van der Waals surface area contributed by atoms with Crippen LogP contribution in [0.25, 0.3) is 11.3 Å². The number of nitrogens with one attached hydrogen (secondary N) is 1. The fraction of sp³-hybridized carbons (Fsp3) is 0.111. The normalized spacial score (nSPS) is 10.7. The molecule has 0 saturated carbocycles. The number of aromatic nitrogens is 1. The number of halogens is 1. The highest BCUT2D eigenvalue weighted by Crippen LogP contribution is 2.27. The van der Waals surface area contributed by atoms with E-state index in [1.54, 1.807) is 24.3 Å². The molecule has 1 heterocycles. The number of aryl methyl sites for hydroxylation is 2. The number of hydrogen-bond acceptors (Lipinski definition) is 2. The van der Waals surface area contributed by atoms with E-state index in [2.05, 4.69) is 29.6 Å². The maximum absolute atomic E-state index is 13.3. The number of hydrogen-bond donors (Lipinski definition) is 1. The van der Waals surface area contributed by atoms with Crippen molar-refractivity contribution in [2.75, 3.05) is 5.32 Å². The van der Waals surface area contributed by atoms with Crippen LogP contribution < -0.4 is 10.7 Å². The lowest BCUT2D eigenvalue weighted by Gasteiger charge is -2.21. The third-order valence-electron chi connectivity index (χ3n) is 5.34. The molecule has 32 heavy (non-hydrogen) atoms. The maximum atomic E-state index is 13.3. The minimum absolute atomic E-state index is 0.0915. The summed E-state index contributed by atoms with van der Waals surface area (Å²) in [6.45, 7) is 4.43. The third-order valence-corrected chi connectivity index (χ3v) is 5.57. The van der Waals surface area contributed by atoms with Crippen molar-refractivity contribution in [2.24, 2.45) is 0 Å². The molecule has 1 aromatic heterocycles. The fourth-order valence-electron chi connectivity index (χ4n) is 3.72. The number of benzene rings is 3. The van der Waals surface area contributed by atoms with Crippen molar-refractivity contribution in [1.82, 2.24) is 4.57 Å². The highest BCUT2D eigenvalue weighted by atomic mass is 35.5. The molecule has 1 amide bonds. The van der Waals surface area contributed by atoms with Gasteiger partial charge in [0.25, 0.3) is 5.91 Å². The third kappa shape index (κ3) is 4.66. The van der Waals surface area contributed by atoms with Crippen molar-refractivity contribution in [1.29, 1.82) is 0 Å². The number of carbonyl (C=O) groups excluding carboxylic acids is 1. The smallest absolute Gasteiger partial charge is 0.261 e. The van der Waals surface area contributed by atoms with Crippen molar-refractivity contribution >= 4 is 23.2 Å². The van der Waals surface area contributed by atoms with Crippen LogP contribution >= 0.6 is 11.6 Å². The summed E-state index contributed by atoms with van der Waals surface area (Å²) in [5, 5.41) is 3.39. The summed E-state index contributed by atoms with van der Waals surface area (Å²) in [7, 11) is 0. The molecular formula is C27H23ClN2O2. The first kappa shape index (κ1) is 21.6. The van der Waals surface area contributed by atoms with Crippen LogP contribution in [-0.4, -0.2) is 10.5 Å². The van der Waals surface area contributed by atoms with Crippen LogP contribution in [0.15, 0.2) is 89.7 Å². The largest absolute Gasteiger partial charge is 0.340 e. The molecule has 0 atom stereocenters. The zero-order valence-electron chi connectivity index (χ0n) is 17.9. The molecule has 0 fully saturated rings. The molecule has 0 radical (unpaired) electrons. The van der Waals surface area contributed by atoms with E-state index in [1.165, 1.54) is 11.6 Å². The number of carbonyl (C=O) groups is 1. The molecule has 0 spiro atoms. The van der Waals surface area contributed by atoms with Gasteiger partial charge in [0.2, 0.25) is 0 Å². The Bertz CT molecular complexity index is 1330. The molecule has 3 aromatic carbocycles. The van der Waals surface area contributed by atoms with Crippen molar-refractivity contribution < 1.29 is 4.79 Å². The number of amides is 1. The van der Waals surface area contributed by atoms with Crippen molar-refractivity contribution in [2.45, 2.75) is 20.4 Å². The van der Waals surface area contributed by atoms with Crippen LogP contribution in [0.3, 0.4) is 0 Å². The first-order valence-electron chi connectivity index (χ1n) is 10.3. The molecule has 5 heteroatoms. The first-order chi connectivity index (χ1) is 15.4. The van der Waals surface area contributed by atoms with E-state index in [-0.39, 0.29) is 11.0 Å². The number of nitrogens with zero attached hydrogens (tertiary/aromatic N) is 1. The second kappa shape index (κ2) is 9.25. The molecule has 0 bridgehead atoms. The number of anilines is 1. The average molecular weight is 443 g/mol. The Morgan fingerprint density at radius 3 is 2.31 bits per heavy atom. The Hall–Kier alpha value is -3.63. The fourth-order valence-corrected chi connectivity index (χ4v) is 3.91. The molecule has 0 saturated heterocycles. The average Bonchev–Trinajstić information content (AvgIpc) is 2.77. The molecule has 4 rings (SSSR count). The Morgan fingerprint density at radius 2 is 1.62 bits per heavy atom. The Labute approximate surface area is 192 Å². The first-order valence-corrected chi connectivity index (χ1v) is 10.7. The van der Waals surface area contributed by atoms with Crippen LogP contribution in [0.1, 0.15) is 27.2 Å². The Balaban J connectivity index is 1.91. The Kier molecular flexibility index (Phi) is 6.24. The van der Waals surface area contributed by atoms with Gasteiger partial charge in [0, 0.05) is 34.6 Å². The van der Waals surface area contributed by atoms with E-state index in [4.69, 9.17) is 11.6 Å². The minimum atomic E-state index is -0.450. The number of rotatable bonds is 5. The monoisotopic (exact) mass is 442 g/mol. The highest BCUT2D eigenvalue weighted by molar-refractivity contribution is 6.30. The summed E-state index contributed by atoms with van der Waals surface area (Å²) < 4.78 is 2.00. The van der Waals surface area contributed by atoms with Crippen molar-refractivity contribution in [3.63, 3.8) is 0 Å². The molecular weight excluding hydrogens is 420 g/mol. The van der Waals surface area contributed by atoms with Crippen LogP contribution in [0.4, 0.5) is 5.69 Å². The van der Waals surface area contributed by atoms with Crippen LogP contribution in [0.5, 0.6) is 0 Å². The number of pyridine rings is 1. The zero-order chi connectivity index (χ0) is 22.7. The highest BCUT2D eigenvalue weighted by Gasteiger charge is 2.22. The lowest BCUT2D eigenvalue weighted by molar-refractivity contribution is 0.102. The van der Waals surface area contributed by atoms with Gasteiger partial charge in [0.15, 0.2) is 5.43 Å². The molecule has 4 aromatic rings.